The third kappa shape index (κ3) is 4.05. The number of aliphatic hydroxyl groups is 1. The molecule has 2 heterocycles. The summed E-state index contributed by atoms with van der Waals surface area (Å²) < 4.78 is 13.6. The van der Waals surface area contributed by atoms with Crippen molar-refractivity contribution in [3.63, 3.8) is 0 Å². The van der Waals surface area contributed by atoms with E-state index in [1.165, 1.54) is 5.56 Å². The Morgan fingerprint density at radius 3 is 2.75 bits per heavy atom. The second-order valence-corrected chi connectivity index (χ2v) is 7.69. The molecule has 0 saturated carbocycles. The Hall–Kier alpha value is -2.37. The van der Waals surface area contributed by atoms with Crippen LogP contribution in [0.25, 0.3) is 11.0 Å². The highest BCUT2D eigenvalue weighted by Gasteiger charge is 2.24. The van der Waals surface area contributed by atoms with Gasteiger partial charge in [-0.3, -0.25) is 0 Å². The summed E-state index contributed by atoms with van der Waals surface area (Å²) in [4.78, 5) is 4.89. The monoisotopic (exact) mass is 380 g/mol. The molecule has 1 saturated heterocycles. The number of aliphatic hydroxyl groups excluding tert-OH is 1. The Balaban J connectivity index is 1.52. The summed E-state index contributed by atoms with van der Waals surface area (Å²) in [6, 6.07) is 14.2. The fraction of sp³-hybridized carbons (Fsp3) is 0.435. The Morgan fingerprint density at radius 1 is 1.18 bits per heavy atom. The molecule has 0 spiro atoms. The van der Waals surface area contributed by atoms with E-state index in [1.807, 2.05) is 37.3 Å². The Labute approximate surface area is 165 Å². The van der Waals surface area contributed by atoms with Crippen molar-refractivity contribution in [1.82, 2.24) is 9.55 Å². The maximum Gasteiger partial charge on any atom is 0.122 e. The summed E-state index contributed by atoms with van der Waals surface area (Å²) in [6.45, 7) is 6.36. The molecular formula is C23H28N2O3. The molecule has 3 aromatic rings. The highest BCUT2D eigenvalue weighted by molar-refractivity contribution is 5.76. The number of para-hydroxylation sites is 2. The zero-order valence-electron chi connectivity index (χ0n) is 16.6. The molecule has 1 fully saturated rings. The third-order valence-corrected chi connectivity index (χ3v) is 5.43. The Bertz CT molecular complexity index is 944. The van der Waals surface area contributed by atoms with Crippen LogP contribution in [0.1, 0.15) is 35.7 Å². The van der Waals surface area contributed by atoms with Crippen molar-refractivity contribution < 1.29 is 14.6 Å². The first-order valence-corrected chi connectivity index (χ1v) is 10.0. The number of rotatable bonds is 6. The van der Waals surface area contributed by atoms with Crippen LogP contribution in [0.3, 0.4) is 0 Å². The highest BCUT2D eigenvalue weighted by Crippen LogP contribution is 2.29. The summed E-state index contributed by atoms with van der Waals surface area (Å²) in [6.07, 6.45) is 1.33. The number of hydrogen-bond donors (Lipinski definition) is 1. The predicted octanol–water partition coefficient (Wildman–Crippen LogP) is 3.99. The number of imidazole rings is 1. The lowest BCUT2D eigenvalue weighted by atomic mass is 9.99. The van der Waals surface area contributed by atoms with Crippen molar-refractivity contribution in [1.29, 1.82) is 0 Å². The average molecular weight is 380 g/mol. The van der Waals surface area contributed by atoms with E-state index in [0.717, 1.165) is 54.2 Å². The minimum Gasteiger partial charge on any atom is -0.491 e. The van der Waals surface area contributed by atoms with Crippen LogP contribution in [-0.2, 0) is 11.3 Å². The summed E-state index contributed by atoms with van der Waals surface area (Å²) in [5, 5.41) is 10.7. The van der Waals surface area contributed by atoms with Gasteiger partial charge in [-0.25, -0.2) is 4.98 Å². The lowest BCUT2D eigenvalue weighted by molar-refractivity contribution is 0.0779. The van der Waals surface area contributed by atoms with Gasteiger partial charge in [-0.15, -0.1) is 0 Å². The summed E-state index contributed by atoms with van der Waals surface area (Å²) in [5.74, 6) is 2.24. The number of fused-ring (bicyclic) bond motifs is 1. The molecule has 1 N–H and O–H groups in total. The van der Waals surface area contributed by atoms with E-state index in [0.29, 0.717) is 12.5 Å². The largest absolute Gasteiger partial charge is 0.491 e. The third-order valence-electron chi connectivity index (χ3n) is 5.43. The number of nitrogens with zero attached hydrogens (tertiary/aromatic N) is 2. The van der Waals surface area contributed by atoms with Crippen LogP contribution in [0.15, 0.2) is 42.5 Å². The molecular weight excluding hydrogens is 352 g/mol. The van der Waals surface area contributed by atoms with Crippen molar-refractivity contribution in [2.45, 2.75) is 45.3 Å². The zero-order valence-corrected chi connectivity index (χ0v) is 16.6. The molecule has 0 radical (unpaired) electrons. The minimum absolute atomic E-state index is 0.254. The van der Waals surface area contributed by atoms with E-state index in [2.05, 4.69) is 23.6 Å². The van der Waals surface area contributed by atoms with Gasteiger partial charge in [0.05, 0.1) is 17.6 Å². The van der Waals surface area contributed by atoms with Gasteiger partial charge in [0.2, 0.25) is 0 Å². The van der Waals surface area contributed by atoms with Gasteiger partial charge in [-0.05, 0) is 50.5 Å². The SMILES string of the molecule is Cc1ccc(OCC(O)Cn2c(C3CCOCC3)nc3ccccc32)c(C)c1. The Kier molecular flexibility index (Phi) is 5.64. The Morgan fingerprint density at radius 2 is 1.96 bits per heavy atom. The van der Waals surface area contributed by atoms with E-state index in [-0.39, 0.29) is 6.61 Å². The zero-order chi connectivity index (χ0) is 19.5. The first-order chi connectivity index (χ1) is 13.6. The van der Waals surface area contributed by atoms with Crippen molar-refractivity contribution in [3.05, 3.63) is 59.4 Å². The van der Waals surface area contributed by atoms with Gasteiger partial charge >= 0.3 is 0 Å². The summed E-state index contributed by atoms with van der Waals surface area (Å²) in [7, 11) is 0. The van der Waals surface area contributed by atoms with E-state index in [9.17, 15) is 5.11 Å². The quantitative estimate of drug-likeness (QED) is 0.703. The number of aromatic nitrogens is 2. The average Bonchev–Trinajstić information content (AvgIpc) is 3.06. The maximum absolute atomic E-state index is 10.7. The molecule has 1 atom stereocenters. The van der Waals surface area contributed by atoms with Crippen LogP contribution >= 0.6 is 0 Å². The van der Waals surface area contributed by atoms with Crippen molar-refractivity contribution in [3.8, 4) is 5.75 Å². The molecule has 1 unspecified atom stereocenters. The highest BCUT2D eigenvalue weighted by atomic mass is 16.5. The first-order valence-electron chi connectivity index (χ1n) is 10.0. The number of aryl methyl sites for hydroxylation is 2. The first kappa shape index (κ1) is 19.0. The van der Waals surface area contributed by atoms with Crippen molar-refractivity contribution in [2.24, 2.45) is 0 Å². The van der Waals surface area contributed by atoms with Gasteiger partial charge in [-0.1, -0.05) is 29.8 Å². The molecule has 0 amide bonds. The van der Waals surface area contributed by atoms with Crippen molar-refractivity contribution >= 4 is 11.0 Å². The molecule has 1 aliphatic heterocycles. The molecule has 2 aromatic carbocycles. The van der Waals surface area contributed by atoms with E-state index in [4.69, 9.17) is 14.5 Å². The smallest absolute Gasteiger partial charge is 0.122 e. The van der Waals surface area contributed by atoms with Gasteiger partial charge in [0.15, 0.2) is 0 Å². The predicted molar refractivity (Wildman–Crippen MR) is 110 cm³/mol. The normalized spacial score (nSPS) is 16.4. The standard InChI is InChI=1S/C23H28N2O3/c1-16-7-8-22(17(2)13-16)28-15-19(26)14-25-21-6-4-3-5-20(21)24-23(25)18-9-11-27-12-10-18/h3-8,13,18-19,26H,9-12,14-15H2,1-2H3. The fourth-order valence-corrected chi connectivity index (χ4v) is 3.96. The van der Waals surface area contributed by atoms with Crippen molar-refractivity contribution in [2.75, 3.05) is 19.8 Å². The van der Waals surface area contributed by atoms with Crippen LogP contribution in [0, 0.1) is 13.8 Å². The molecule has 0 aliphatic carbocycles. The van der Waals surface area contributed by atoms with Crippen LogP contribution < -0.4 is 4.74 Å². The van der Waals surface area contributed by atoms with Crippen LogP contribution in [-0.4, -0.2) is 40.6 Å². The molecule has 28 heavy (non-hydrogen) atoms. The van der Waals surface area contributed by atoms with Gasteiger partial charge < -0.3 is 19.1 Å². The van der Waals surface area contributed by atoms with Crippen LogP contribution in [0.2, 0.25) is 0 Å². The molecule has 1 aromatic heterocycles. The second-order valence-electron chi connectivity index (χ2n) is 7.69. The number of ether oxygens (including phenoxy) is 2. The van der Waals surface area contributed by atoms with Crippen LogP contribution in [0.5, 0.6) is 5.75 Å². The van der Waals surface area contributed by atoms with Gasteiger partial charge in [0, 0.05) is 19.1 Å². The van der Waals surface area contributed by atoms with Gasteiger partial charge in [0.1, 0.15) is 24.3 Å². The van der Waals surface area contributed by atoms with Gasteiger partial charge in [0.25, 0.3) is 0 Å². The molecule has 4 rings (SSSR count). The van der Waals surface area contributed by atoms with Crippen LogP contribution in [0.4, 0.5) is 0 Å². The topological polar surface area (TPSA) is 56.5 Å². The molecule has 5 nitrogen and oxygen atoms in total. The van der Waals surface area contributed by atoms with Gasteiger partial charge in [-0.2, -0.15) is 0 Å². The molecule has 5 heteroatoms. The van der Waals surface area contributed by atoms with E-state index < -0.39 is 6.10 Å². The number of benzene rings is 2. The minimum atomic E-state index is -0.614. The molecule has 148 valence electrons. The maximum atomic E-state index is 10.7. The summed E-state index contributed by atoms with van der Waals surface area (Å²) >= 11 is 0. The van der Waals surface area contributed by atoms with E-state index in [1.54, 1.807) is 0 Å². The fourth-order valence-electron chi connectivity index (χ4n) is 3.96. The van der Waals surface area contributed by atoms with E-state index >= 15 is 0 Å². The molecule has 0 bridgehead atoms. The second kappa shape index (κ2) is 8.33. The lowest BCUT2D eigenvalue weighted by Gasteiger charge is -2.24. The molecule has 1 aliphatic rings. The lowest BCUT2D eigenvalue weighted by Crippen LogP contribution is -2.26. The summed E-state index contributed by atoms with van der Waals surface area (Å²) in [5.41, 5.74) is 4.33. The number of hydrogen-bond acceptors (Lipinski definition) is 4.